The fraction of sp³-hybridized carbons (Fsp3) is 0.364. The first-order chi connectivity index (χ1) is 13.5. The first-order valence-corrected chi connectivity index (χ1v) is 10.7. The third-order valence-electron chi connectivity index (χ3n) is 5.88. The summed E-state index contributed by atoms with van der Waals surface area (Å²) in [5.74, 6) is -0.489. The maximum absolute atomic E-state index is 12.9. The van der Waals surface area contributed by atoms with Gasteiger partial charge in [0, 0.05) is 11.3 Å². The predicted molar refractivity (Wildman–Crippen MR) is 113 cm³/mol. The second-order valence-electron chi connectivity index (χ2n) is 7.59. The summed E-state index contributed by atoms with van der Waals surface area (Å²) in [5.41, 5.74) is 9.78. The highest BCUT2D eigenvalue weighted by Crippen LogP contribution is 2.38. The molecule has 2 aliphatic rings. The molecule has 1 aromatic heterocycles. The van der Waals surface area contributed by atoms with Crippen LogP contribution in [0.25, 0.3) is 5.57 Å². The third-order valence-corrected chi connectivity index (χ3v) is 7.09. The minimum Gasteiger partial charge on any atom is -0.365 e. The van der Waals surface area contributed by atoms with E-state index in [0.29, 0.717) is 10.6 Å². The molecule has 0 spiro atoms. The van der Waals surface area contributed by atoms with Gasteiger partial charge in [-0.3, -0.25) is 9.59 Å². The van der Waals surface area contributed by atoms with Crippen LogP contribution in [0.1, 0.15) is 46.1 Å². The van der Waals surface area contributed by atoms with Crippen LogP contribution in [0.3, 0.4) is 0 Å². The van der Waals surface area contributed by atoms with E-state index in [9.17, 15) is 9.59 Å². The topological polar surface area (TPSA) is 76.6 Å². The number of carbonyl (C=O) groups excluding carboxylic acids is 2. The monoisotopic (exact) mass is 396 g/mol. The number of hydrogen-bond acceptors (Lipinski definition) is 3. The Labute approximate surface area is 169 Å². The highest BCUT2D eigenvalue weighted by Gasteiger charge is 2.30. The molecule has 0 saturated carbocycles. The van der Waals surface area contributed by atoms with Gasteiger partial charge in [-0.05, 0) is 49.0 Å². The summed E-state index contributed by atoms with van der Waals surface area (Å²) < 4.78 is 0. The average Bonchev–Trinajstić information content (AvgIpc) is 3.28. The van der Waals surface area contributed by atoms with Crippen LogP contribution < -0.4 is 16.0 Å². The first kappa shape index (κ1) is 18.9. The summed E-state index contributed by atoms with van der Waals surface area (Å²) in [4.78, 5) is 27.2. The molecule has 0 saturated heterocycles. The lowest BCUT2D eigenvalue weighted by atomic mass is 9.99. The Hall–Kier alpha value is -2.44. The maximum Gasteiger partial charge on any atom is 0.283 e. The molecule has 1 aliphatic heterocycles. The Morgan fingerprint density at radius 3 is 2.64 bits per heavy atom. The van der Waals surface area contributed by atoms with E-state index in [2.05, 4.69) is 35.7 Å². The van der Waals surface area contributed by atoms with Crippen LogP contribution in [0.5, 0.6) is 0 Å². The fourth-order valence-corrected chi connectivity index (χ4v) is 5.52. The number of quaternary nitrogens is 1. The van der Waals surface area contributed by atoms with Gasteiger partial charge in [0.05, 0.1) is 18.7 Å². The van der Waals surface area contributed by atoms with Crippen molar-refractivity contribution in [2.24, 2.45) is 5.73 Å². The molecule has 0 bridgehead atoms. The van der Waals surface area contributed by atoms with E-state index in [1.165, 1.54) is 32.3 Å². The lowest BCUT2D eigenvalue weighted by Crippen LogP contribution is -3.17. The number of anilines is 1. The summed E-state index contributed by atoms with van der Waals surface area (Å²) in [6.45, 7) is 3.69. The summed E-state index contributed by atoms with van der Waals surface area (Å²) in [6.07, 6.45) is 6.10. The van der Waals surface area contributed by atoms with Crippen molar-refractivity contribution >= 4 is 33.7 Å². The Morgan fingerprint density at radius 2 is 1.96 bits per heavy atom. The molecule has 2 aromatic rings. The summed E-state index contributed by atoms with van der Waals surface area (Å²) in [5, 5.41) is 3.63. The van der Waals surface area contributed by atoms with Crippen LogP contribution in [0.15, 0.2) is 36.4 Å². The van der Waals surface area contributed by atoms with Crippen molar-refractivity contribution < 1.29 is 14.5 Å². The highest BCUT2D eigenvalue weighted by molar-refractivity contribution is 7.17. The van der Waals surface area contributed by atoms with E-state index < -0.39 is 5.91 Å². The van der Waals surface area contributed by atoms with E-state index in [4.69, 9.17) is 5.73 Å². The van der Waals surface area contributed by atoms with Crippen molar-refractivity contribution in [3.8, 4) is 0 Å². The van der Waals surface area contributed by atoms with E-state index in [-0.39, 0.29) is 11.9 Å². The van der Waals surface area contributed by atoms with E-state index in [1.807, 2.05) is 13.0 Å². The van der Waals surface area contributed by atoms with Crippen LogP contribution >= 0.6 is 11.3 Å². The number of nitrogens with one attached hydrogen (secondary N) is 2. The van der Waals surface area contributed by atoms with E-state index >= 15 is 0 Å². The molecule has 2 amide bonds. The predicted octanol–water partition coefficient (Wildman–Crippen LogP) is 2.03. The Bertz CT molecular complexity index is 933. The molecule has 5 nitrogen and oxygen atoms in total. The first-order valence-electron chi connectivity index (χ1n) is 9.89. The van der Waals surface area contributed by atoms with Gasteiger partial charge in [-0.1, -0.05) is 30.3 Å². The molecule has 0 fully saturated rings. The van der Waals surface area contributed by atoms with E-state index in [0.717, 1.165) is 44.3 Å². The number of rotatable bonds is 5. The van der Waals surface area contributed by atoms with Crippen molar-refractivity contribution in [3.63, 3.8) is 0 Å². The van der Waals surface area contributed by atoms with Crippen LogP contribution in [0.4, 0.5) is 5.00 Å². The summed E-state index contributed by atoms with van der Waals surface area (Å²) in [6, 6.07) is 10.2. The van der Waals surface area contributed by atoms with Gasteiger partial charge in [-0.25, -0.2) is 0 Å². The summed E-state index contributed by atoms with van der Waals surface area (Å²) in [7, 11) is 0. The van der Waals surface area contributed by atoms with Gasteiger partial charge < -0.3 is 16.0 Å². The molecular weight excluding hydrogens is 370 g/mol. The van der Waals surface area contributed by atoms with Gasteiger partial charge in [0.1, 0.15) is 5.00 Å². The molecule has 28 heavy (non-hydrogen) atoms. The molecule has 146 valence electrons. The second-order valence-corrected chi connectivity index (χ2v) is 8.70. The van der Waals surface area contributed by atoms with Gasteiger partial charge in [-0.2, -0.15) is 0 Å². The Morgan fingerprint density at radius 1 is 1.18 bits per heavy atom. The molecular formula is C22H26N3O2S+. The number of thiophene rings is 1. The lowest BCUT2D eigenvalue weighted by molar-refractivity contribution is -0.909. The zero-order valence-corrected chi connectivity index (χ0v) is 16.9. The number of hydrogen-bond donors (Lipinski definition) is 3. The molecule has 4 N–H and O–H groups in total. The number of fused-ring (bicyclic) bond motifs is 1. The standard InChI is InChI=1S/C22H25N3O2S/c1-14(25-12-10-16(11-13-25)15-6-3-2-4-7-15)21(27)24-22-19(20(23)26)17-8-5-9-18(17)28-22/h2-4,6-7,10,14H,5,8-9,11-13H2,1H3,(H2,23,26)(H,24,27)/p+1/t14-/m1/s1. The van der Waals surface area contributed by atoms with Crippen molar-refractivity contribution in [1.29, 1.82) is 0 Å². The molecule has 1 unspecified atom stereocenters. The van der Waals surface area contributed by atoms with Gasteiger partial charge >= 0.3 is 0 Å². The van der Waals surface area contributed by atoms with Gasteiger partial charge in [0.25, 0.3) is 11.8 Å². The van der Waals surface area contributed by atoms with Crippen LogP contribution in [-0.2, 0) is 17.6 Å². The van der Waals surface area contributed by atoms with Crippen LogP contribution in [0.2, 0.25) is 0 Å². The SMILES string of the molecule is C[C@H](C(=O)Nc1sc2c(c1C(N)=O)CCC2)[NH+]1CC=C(c2ccccc2)CC1. The molecule has 6 heteroatoms. The second kappa shape index (κ2) is 7.89. The normalized spacial score (nSPS) is 19.6. The molecule has 0 radical (unpaired) electrons. The Kier molecular flexibility index (Phi) is 5.33. The van der Waals surface area contributed by atoms with Gasteiger partial charge in [0.2, 0.25) is 0 Å². The van der Waals surface area contributed by atoms with Crippen molar-refractivity contribution in [3.05, 3.63) is 58.0 Å². The number of aryl methyl sites for hydroxylation is 1. The number of nitrogens with two attached hydrogens (primary N) is 1. The average molecular weight is 397 g/mol. The number of amides is 2. The third kappa shape index (κ3) is 3.62. The lowest BCUT2D eigenvalue weighted by Gasteiger charge is -2.28. The van der Waals surface area contributed by atoms with Gasteiger partial charge in [-0.15, -0.1) is 11.3 Å². The maximum atomic E-state index is 12.9. The number of carbonyl (C=O) groups is 2. The van der Waals surface area contributed by atoms with Crippen LogP contribution in [0, 0.1) is 0 Å². The van der Waals surface area contributed by atoms with Crippen molar-refractivity contribution in [2.45, 2.75) is 38.6 Å². The number of primary amides is 1. The minimum atomic E-state index is -0.442. The smallest absolute Gasteiger partial charge is 0.283 e. The largest absolute Gasteiger partial charge is 0.365 e. The zero-order valence-electron chi connectivity index (χ0n) is 16.1. The molecule has 2 heterocycles. The zero-order chi connectivity index (χ0) is 19.7. The fourth-order valence-electron chi connectivity index (χ4n) is 4.22. The number of benzene rings is 1. The Balaban J connectivity index is 1.44. The molecule has 1 aliphatic carbocycles. The van der Waals surface area contributed by atoms with Crippen molar-refractivity contribution in [2.75, 3.05) is 18.4 Å². The quantitative estimate of drug-likeness (QED) is 0.723. The summed E-state index contributed by atoms with van der Waals surface area (Å²) >= 11 is 1.51. The van der Waals surface area contributed by atoms with Crippen LogP contribution in [-0.4, -0.2) is 30.9 Å². The highest BCUT2D eigenvalue weighted by atomic mass is 32.1. The molecule has 1 aromatic carbocycles. The van der Waals surface area contributed by atoms with Gasteiger partial charge in [0.15, 0.2) is 6.04 Å². The van der Waals surface area contributed by atoms with E-state index in [1.54, 1.807) is 0 Å². The van der Waals surface area contributed by atoms with Crippen molar-refractivity contribution in [1.82, 2.24) is 0 Å². The minimum absolute atomic E-state index is 0.0472. The molecule has 2 atom stereocenters. The molecule has 4 rings (SSSR count).